The molecule has 0 bridgehead atoms. The Bertz CT molecular complexity index is 882. The van der Waals surface area contributed by atoms with Gasteiger partial charge in [-0.3, -0.25) is 14.9 Å². The number of benzene rings is 1. The molecular formula is C20H21N5O. The molecule has 0 saturated heterocycles. The highest BCUT2D eigenvalue weighted by molar-refractivity contribution is 5.94. The Kier molecular flexibility index (Phi) is 5.53. The number of hydrogen-bond donors (Lipinski definition) is 2. The normalized spacial score (nSPS) is 11.2. The fraction of sp³-hybridized carbons (Fsp3) is 0.200. The van der Waals surface area contributed by atoms with Gasteiger partial charge in [0, 0.05) is 18.0 Å². The van der Waals surface area contributed by atoms with Crippen LogP contribution in [0.15, 0.2) is 60.0 Å². The summed E-state index contributed by atoms with van der Waals surface area (Å²) in [7, 11) is 0. The number of rotatable bonds is 6. The first kappa shape index (κ1) is 17.5. The maximum atomic E-state index is 12.1. The molecule has 0 spiro atoms. The van der Waals surface area contributed by atoms with Crippen molar-refractivity contribution in [3.63, 3.8) is 0 Å². The smallest absolute Gasteiger partial charge is 0.272 e. The van der Waals surface area contributed by atoms with Crippen molar-refractivity contribution < 1.29 is 4.79 Å². The molecule has 3 aromatic rings. The minimum Gasteiger partial charge on any atom is -0.272 e. The first-order valence-electron chi connectivity index (χ1n) is 8.50. The second kappa shape index (κ2) is 8.20. The van der Waals surface area contributed by atoms with Crippen molar-refractivity contribution in [2.24, 2.45) is 11.0 Å². The van der Waals surface area contributed by atoms with E-state index in [1.165, 1.54) is 5.56 Å². The van der Waals surface area contributed by atoms with E-state index in [1.807, 2.05) is 12.1 Å². The van der Waals surface area contributed by atoms with Gasteiger partial charge >= 0.3 is 0 Å². The van der Waals surface area contributed by atoms with Gasteiger partial charge < -0.3 is 0 Å². The summed E-state index contributed by atoms with van der Waals surface area (Å²) in [5.41, 5.74) is 6.68. The molecule has 6 heteroatoms. The number of hydrogen-bond acceptors (Lipinski definition) is 4. The lowest BCUT2D eigenvalue weighted by Gasteiger charge is -2.05. The van der Waals surface area contributed by atoms with Gasteiger partial charge in [0.2, 0.25) is 0 Å². The zero-order valence-electron chi connectivity index (χ0n) is 14.8. The summed E-state index contributed by atoms with van der Waals surface area (Å²) >= 11 is 0. The lowest BCUT2D eigenvalue weighted by atomic mass is 10.0. The van der Waals surface area contributed by atoms with E-state index in [9.17, 15) is 4.79 Å². The fourth-order valence-corrected chi connectivity index (χ4v) is 2.54. The van der Waals surface area contributed by atoms with E-state index < -0.39 is 0 Å². The second-order valence-corrected chi connectivity index (χ2v) is 6.44. The predicted octanol–water partition coefficient (Wildman–Crippen LogP) is 3.43. The van der Waals surface area contributed by atoms with Crippen molar-refractivity contribution in [1.82, 2.24) is 20.6 Å². The molecule has 0 unspecified atom stereocenters. The minimum absolute atomic E-state index is 0.342. The quantitative estimate of drug-likeness (QED) is 0.529. The van der Waals surface area contributed by atoms with Crippen molar-refractivity contribution in [3.05, 3.63) is 71.7 Å². The van der Waals surface area contributed by atoms with Crippen molar-refractivity contribution in [2.75, 3.05) is 0 Å². The van der Waals surface area contributed by atoms with Crippen LogP contribution in [0.2, 0.25) is 0 Å². The molecule has 6 nitrogen and oxygen atoms in total. The summed E-state index contributed by atoms with van der Waals surface area (Å²) in [4.78, 5) is 16.1. The third-order valence-electron chi connectivity index (χ3n) is 3.80. The number of aromatic nitrogens is 3. The van der Waals surface area contributed by atoms with Gasteiger partial charge in [0.25, 0.3) is 5.91 Å². The number of pyridine rings is 1. The summed E-state index contributed by atoms with van der Waals surface area (Å²) in [6.07, 6.45) is 5.93. The molecule has 1 amide bonds. The first-order valence-corrected chi connectivity index (χ1v) is 8.50. The highest BCUT2D eigenvalue weighted by Crippen LogP contribution is 2.19. The van der Waals surface area contributed by atoms with E-state index in [0.717, 1.165) is 23.2 Å². The summed E-state index contributed by atoms with van der Waals surface area (Å²) < 4.78 is 0. The van der Waals surface area contributed by atoms with Crippen LogP contribution < -0.4 is 5.43 Å². The molecule has 2 N–H and O–H groups in total. The van der Waals surface area contributed by atoms with E-state index in [2.05, 4.69) is 51.7 Å². The number of amides is 1. The summed E-state index contributed by atoms with van der Waals surface area (Å²) in [5.74, 6) is 0.278. The zero-order chi connectivity index (χ0) is 18.4. The molecule has 0 atom stereocenters. The van der Waals surface area contributed by atoms with Gasteiger partial charge in [0.05, 0.1) is 11.9 Å². The van der Waals surface area contributed by atoms with Crippen molar-refractivity contribution in [1.29, 1.82) is 0 Å². The van der Waals surface area contributed by atoms with Crippen molar-refractivity contribution in [2.45, 2.75) is 20.3 Å². The van der Waals surface area contributed by atoms with Crippen molar-refractivity contribution in [3.8, 4) is 11.3 Å². The van der Waals surface area contributed by atoms with Crippen LogP contribution in [0.25, 0.3) is 11.3 Å². The number of nitrogens with zero attached hydrogens (tertiary/aromatic N) is 3. The standard InChI is InChI=1S/C20H21N5O/c1-14(2)11-15-3-5-17(6-4-15)18-12-19(24-23-18)20(26)25-22-13-16-7-9-21-10-8-16/h3-10,12-14H,11H2,1-2H3,(H,23,24)(H,25,26)/b22-13-. The second-order valence-electron chi connectivity index (χ2n) is 6.44. The van der Waals surface area contributed by atoms with E-state index in [4.69, 9.17) is 0 Å². The maximum Gasteiger partial charge on any atom is 0.289 e. The van der Waals surface area contributed by atoms with Gasteiger partial charge in [-0.1, -0.05) is 38.1 Å². The summed E-state index contributed by atoms with van der Waals surface area (Å²) in [6, 6.07) is 13.6. The molecule has 132 valence electrons. The van der Waals surface area contributed by atoms with Gasteiger partial charge in [0.15, 0.2) is 0 Å². The predicted molar refractivity (Wildman–Crippen MR) is 102 cm³/mol. The number of H-pyrrole nitrogens is 1. The average molecular weight is 347 g/mol. The Labute approximate surface area is 152 Å². The number of hydrazone groups is 1. The van der Waals surface area contributed by atoms with Crippen LogP contribution in [0.1, 0.15) is 35.5 Å². The Morgan fingerprint density at radius 1 is 1.19 bits per heavy atom. The number of carbonyl (C=O) groups is 1. The van der Waals surface area contributed by atoms with E-state index in [-0.39, 0.29) is 5.91 Å². The van der Waals surface area contributed by atoms with E-state index in [0.29, 0.717) is 11.6 Å². The largest absolute Gasteiger partial charge is 0.289 e. The number of nitrogens with one attached hydrogen (secondary N) is 2. The fourth-order valence-electron chi connectivity index (χ4n) is 2.54. The Balaban J connectivity index is 1.63. The molecule has 0 aliphatic carbocycles. The number of aromatic amines is 1. The molecule has 2 heterocycles. The van der Waals surface area contributed by atoms with Gasteiger partial charge in [0.1, 0.15) is 5.69 Å². The highest BCUT2D eigenvalue weighted by atomic mass is 16.2. The van der Waals surface area contributed by atoms with Crippen LogP contribution in [0.5, 0.6) is 0 Å². The number of carbonyl (C=O) groups excluding carboxylic acids is 1. The molecule has 0 aliphatic rings. The Morgan fingerprint density at radius 3 is 2.62 bits per heavy atom. The molecule has 2 aromatic heterocycles. The van der Waals surface area contributed by atoms with Crippen LogP contribution >= 0.6 is 0 Å². The molecule has 1 aromatic carbocycles. The molecular weight excluding hydrogens is 326 g/mol. The molecule has 26 heavy (non-hydrogen) atoms. The molecule has 3 rings (SSSR count). The summed E-state index contributed by atoms with van der Waals surface area (Å²) in [5, 5.41) is 10.9. The Morgan fingerprint density at radius 2 is 1.92 bits per heavy atom. The Hall–Kier alpha value is -3.28. The van der Waals surface area contributed by atoms with Crippen LogP contribution in [-0.2, 0) is 6.42 Å². The lowest BCUT2D eigenvalue weighted by Crippen LogP contribution is -2.17. The third-order valence-corrected chi connectivity index (χ3v) is 3.80. The average Bonchev–Trinajstić information content (AvgIpc) is 3.13. The van der Waals surface area contributed by atoms with E-state index in [1.54, 1.807) is 36.8 Å². The SMILES string of the molecule is CC(C)Cc1ccc(-c2cc(C(=O)N/N=C\c3ccncc3)[nH]n2)cc1. The van der Waals surface area contributed by atoms with Gasteiger partial charge in [-0.25, -0.2) is 5.43 Å². The van der Waals surface area contributed by atoms with Gasteiger partial charge in [-0.15, -0.1) is 0 Å². The van der Waals surface area contributed by atoms with Crippen LogP contribution in [0.3, 0.4) is 0 Å². The highest BCUT2D eigenvalue weighted by Gasteiger charge is 2.10. The monoisotopic (exact) mass is 347 g/mol. The summed E-state index contributed by atoms with van der Waals surface area (Å²) in [6.45, 7) is 4.40. The molecule has 0 fully saturated rings. The van der Waals surface area contributed by atoms with Gasteiger partial charge in [-0.2, -0.15) is 10.2 Å². The van der Waals surface area contributed by atoms with Crippen LogP contribution in [0.4, 0.5) is 0 Å². The topological polar surface area (TPSA) is 83.0 Å². The zero-order valence-corrected chi connectivity index (χ0v) is 14.8. The first-order chi connectivity index (χ1) is 12.6. The molecule has 0 aliphatic heterocycles. The molecule has 0 saturated carbocycles. The van der Waals surface area contributed by atoms with Crippen LogP contribution in [0, 0.1) is 5.92 Å². The van der Waals surface area contributed by atoms with E-state index >= 15 is 0 Å². The van der Waals surface area contributed by atoms with Crippen LogP contribution in [-0.4, -0.2) is 27.3 Å². The lowest BCUT2D eigenvalue weighted by molar-refractivity contribution is 0.0950. The maximum absolute atomic E-state index is 12.1. The van der Waals surface area contributed by atoms with Crippen molar-refractivity contribution >= 4 is 12.1 Å². The van der Waals surface area contributed by atoms with Gasteiger partial charge in [-0.05, 0) is 41.7 Å². The third kappa shape index (κ3) is 4.63. The molecule has 0 radical (unpaired) electrons. The minimum atomic E-state index is -0.342.